The van der Waals surface area contributed by atoms with Gasteiger partial charge < -0.3 is 9.80 Å². The lowest BCUT2D eigenvalue weighted by molar-refractivity contribution is 0.269. The van der Waals surface area contributed by atoms with E-state index in [9.17, 15) is 0 Å². The fourth-order valence-corrected chi connectivity index (χ4v) is 5.12. The Kier molecular flexibility index (Phi) is 3.06. The summed E-state index contributed by atoms with van der Waals surface area (Å²) in [7, 11) is 0. The van der Waals surface area contributed by atoms with Crippen LogP contribution in [0.1, 0.15) is 23.8 Å². The molecule has 5 rings (SSSR count). The Morgan fingerprint density at radius 2 is 2.04 bits per heavy atom. The average Bonchev–Trinajstić information content (AvgIpc) is 3.28. The molecular formula is C16H20N6S. The number of hydrogen-bond donors (Lipinski definition) is 0. The molecule has 120 valence electrons. The second kappa shape index (κ2) is 5.14. The van der Waals surface area contributed by atoms with Crippen LogP contribution in [0.5, 0.6) is 0 Å². The maximum atomic E-state index is 5.00. The third-order valence-corrected chi connectivity index (χ3v) is 6.35. The monoisotopic (exact) mass is 328 g/mol. The van der Waals surface area contributed by atoms with Gasteiger partial charge >= 0.3 is 0 Å². The normalized spacial score (nSPS) is 19.1. The number of aromatic nitrogens is 4. The molecule has 0 saturated carbocycles. The van der Waals surface area contributed by atoms with Gasteiger partial charge in [0.15, 0.2) is 5.65 Å². The van der Waals surface area contributed by atoms with Crippen molar-refractivity contribution in [3.05, 3.63) is 16.8 Å². The molecule has 6 nitrogen and oxygen atoms in total. The van der Waals surface area contributed by atoms with Crippen LogP contribution in [0.15, 0.2) is 6.33 Å². The van der Waals surface area contributed by atoms with Gasteiger partial charge in [0.2, 0.25) is 5.95 Å². The van der Waals surface area contributed by atoms with Crippen LogP contribution in [-0.2, 0) is 12.8 Å². The Balaban J connectivity index is 1.65. The zero-order valence-corrected chi connectivity index (χ0v) is 14.1. The third-order valence-electron chi connectivity index (χ3n) is 5.17. The Bertz CT molecular complexity index is 874. The molecule has 0 atom stereocenters. The first kappa shape index (κ1) is 13.7. The van der Waals surface area contributed by atoms with Crippen molar-refractivity contribution in [2.24, 2.45) is 0 Å². The van der Waals surface area contributed by atoms with E-state index in [1.165, 1.54) is 28.7 Å². The van der Waals surface area contributed by atoms with E-state index < -0.39 is 0 Å². The van der Waals surface area contributed by atoms with E-state index in [0.29, 0.717) is 0 Å². The van der Waals surface area contributed by atoms with Crippen molar-refractivity contribution in [2.45, 2.75) is 26.2 Å². The van der Waals surface area contributed by atoms with E-state index in [0.717, 1.165) is 55.6 Å². The molecule has 0 aromatic carbocycles. The maximum Gasteiger partial charge on any atom is 0.230 e. The van der Waals surface area contributed by atoms with E-state index in [2.05, 4.69) is 26.8 Å². The van der Waals surface area contributed by atoms with Gasteiger partial charge in [-0.15, -0.1) is 11.3 Å². The number of anilines is 1. The van der Waals surface area contributed by atoms with Gasteiger partial charge in [0.05, 0.1) is 5.39 Å². The first-order chi connectivity index (χ1) is 11.3. The van der Waals surface area contributed by atoms with Crippen molar-refractivity contribution in [2.75, 3.05) is 37.6 Å². The summed E-state index contributed by atoms with van der Waals surface area (Å²) in [6.07, 6.45) is 5.29. The van der Waals surface area contributed by atoms with E-state index in [4.69, 9.17) is 4.98 Å². The SMILES string of the molecule is CCN1CCN(c2nc3sc4c(c3c3ncnn23)CCC4)CC1. The Labute approximate surface area is 138 Å². The summed E-state index contributed by atoms with van der Waals surface area (Å²) in [5, 5.41) is 5.73. The highest BCUT2D eigenvalue weighted by atomic mass is 32.1. The molecule has 7 heteroatoms. The summed E-state index contributed by atoms with van der Waals surface area (Å²) in [6, 6.07) is 0. The number of nitrogens with zero attached hydrogens (tertiary/aromatic N) is 6. The predicted molar refractivity (Wildman–Crippen MR) is 92.5 cm³/mol. The average molecular weight is 328 g/mol. The van der Waals surface area contributed by atoms with Crippen LogP contribution in [0.4, 0.5) is 5.95 Å². The molecular weight excluding hydrogens is 308 g/mol. The number of hydrogen-bond acceptors (Lipinski definition) is 6. The van der Waals surface area contributed by atoms with Gasteiger partial charge in [0, 0.05) is 31.1 Å². The molecule has 1 aliphatic heterocycles. The highest BCUT2D eigenvalue weighted by Crippen LogP contribution is 2.39. The van der Waals surface area contributed by atoms with Gasteiger partial charge in [0.25, 0.3) is 0 Å². The fourth-order valence-electron chi connectivity index (χ4n) is 3.86. The summed E-state index contributed by atoms with van der Waals surface area (Å²) < 4.78 is 1.95. The van der Waals surface area contributed by atoms with Crippen LogP contribution in [0.25, 0.3) is 15.9 Å². The van der Waals surface area contributed by atoms with Crippen molar-refractivity contribution in [3.63, 3.8) is 0 Å². The molecule has 0 radical (unpaired) electrons. The van der Waals surface area contributed by atoms with Crippen LogP contribution in [-0.4, -0.2) is 57.2 Å². The zero-order valence-electron chi connectivity index (χ0n) is 13.3. The number of rotatable bonds is 2. The molecule has 0 amide bonds. The standard InChI is InChI=1S/C16H20N6S/c1-2-20-6-8-21(9-7-20)16-19-15-13(14-17-10-18-22(14)16)11-4-3-5-12(11)23-15/h10H,2-9H2,1H3. The number of thiophene rings is 1. The van der Waals surface area contributed by atoms with Gasteiger partial charge in [-0.2, -0.15) is 9.61 Å². The maximum absolute atomic E-state index is 5.00. The lowest BCUT2D eigenvalue weighted by atomic mass is 10.2. The largest absolute Gasteiger partial charge is 0.338 e. The smallest absolute Gasteiger partial charge is 0.230 e. The van der Waals surface area contributed by atoms with Crippen LogP contribution < -0.4 is 4.90 Å². The molecule has 1 aliphatic carbocycles. The van der Waals surface area contributed by atoms with Crippen molar-refractivity contribution < 1.29 is 0 Å². The van der Waals surface area contributed by atoms with Crippen LogP contribution in [0.2, 0.25) is 0 Å². The van der Waals surface area contributed by atoms with Crippen molar-refractivity contribution in [1.29, 1.82) is 0 Å². The topological polar surface area (TPSA) is 49.6 Å². The lowest BCUT2D eigenvalue weighted by Crippen LogP contribution is -2.47. The Morgan fingerprint density at radius 1 is 1.17 bits per heavy atom. The molecule has 0 bridgehead atoms. The minimum absolute atomic E-state index is 0.959. The Hall–Kier alpha value is -1.73. The van der Waals surface area contributed by atoms with Gasteiger partial charge in [-0.05, 0) is 31.4 Å². The van der Waals surface area contributed by atoms with Gasteiger partial charge in [-0.3, -0.25) is 0 Å². The summed E-state index contributed by atoms with van der Waals surface area (Å²) in [6.45, 7) is 7.54. The van der Waals surface area contributed by atoms with Gasteiger partial charge in [-0.25, -0.2) is 9.97 Å². The van der Waals surface area contributed by atoms with Crippen LogP contribution in [0.3, 0.4) is 0 Å². The predicted octanol–water partition coefficient (Wildman–Crippen LogP) is 1.97. The van der Waals surface area contributed by atoms with Gasteiger partial charge in [-0.1, -0.05) is 6.92 Å². The number of piperazine rings is 1. The van der Waals surface area contributed by atoms with E-state index in [-0.39, 0.29) is 0 Å². The second-order valence-corrected chi connectivity index (χ2v) is 7.45. The summed E-state index contributed by atoms with van der Waals surface area (Å²) >= 11 is 1.86. The molecule has 1 fully saturated rings. The summed E-state index contributed by atoms with van der Waals surface area (Å²) in [4.78, 5) is 17.0. The quantitative estimate of drug-likeness (QED) is 0.720. The fraction of sp³-hybridized carbons (Fsp3) is 0.562. The van der Waals surface area contributed by atoms with Crippen molar-refractivity contribution >= 4 is 33.1 Å². The molecule has 3 aromatic heterocycles. The number of likely N-dealkylation sites (N-methyl/N-ethyl adjacent to an activating group) is 1. The molecule has 1 saturated heterocycles. The molecule has 2 aliphatic rings. The molecule has 4 heterocycles. The Morgan fingerprint density at radius 3 is 2.87 bits per heavy atom. The van der Waals surface area contributed by atoms with Crippen molar-refractivity contribution in [3.8, 4) is 0 Å². The first-order valence-corrected chi connectivity index (χ1v) is 9.28. The zero-order chi connectivity index (χ0) is 15.4. The lowest BCUT2D eigenvalue weighted by Gasteiger charge is -2.34. The van der Waals surface area contributed by atoms with E-state index in [1.54, 1.807) is 6.33 Å². The number of aryl methyl sites for hydroxylation is 2. The highest BCUT2D eigenvalue weighted by molar-refractivity contribution is 7.19. The third kappa shape index (κ3) is 1.99. The summed E-state index contributed by atoms with van der Waals surface area (Å²) in [5.74, 6) is 0.959. The van der Waals surface area contributed by atoms with Gasteiger partial charge in [0.1, 0.15) is 11.2 Å². The molecule has 0 unspecified atom stereocenters. The minimum atomic E-state index is 0.959. The van der Waals surface area contributed by atoms with Crippen LogP contribution in [0, 0.1) is 0 Å². The minimum Gasteiger partial charge on any atom is -0.338 e. The molecule has 3 aromatic rings. The number of fused-ring (bicyclic) bond motifs is 5. The molecule has 0 N–H and O–H groups in total. The summed E-state index contributed by atoms with van der Waals surface area (Å²) in [5.41, 5.74) is 2.46. The van der Waals surface area contributed by atoms with E-state index in [1.807, 2.05) is 15.9 Å². The molecule has 0 spiro atoms. The second-order valence-electron chi connectivity index (χ2n) is 6.37. The first-order valence-electron chi connectivity index (χ1n) is 8.46. The molecule has 23 heavy (non-hydrogen) atoms. The van der Waals surface area contributed by atoms with Crippen LogP contribution >= 0.6 is 11.3 Å². The van der Waals surface area contributed by atoms with E-state index >= 15 is 0 Å². The van der Waals surface area contributed by atoms with Crippen molar-refractivity contribution in [1.82, 2.24) is 24.5 Å². The highest BCUT2D eigenvalue weighted by Gasteiger charge is 2.25.